The van der Waals surface area contributed by atoms with E-state index in [1.54, 1.807) is 42.7 Å². The second-order valence-electron chi connectivity index (χ2n) is 4.61. The van der Waals surface area contributed by atoms with Crippen LogP contribution in [0.25, 0.3) is 0 Å². The quantitative estimate of drug-likeness (QED) is 0.832. The number of hydrogen-bond donors (Lipinski definition) is 1. The minimum Gasteiger partial charge on any atom is -0.497 e. The molecule has 1 heterocycles. The lowest BCUT2D eigenvalue weighted by Gasteiger charge is -2.12. The average Bonchev–Trinajstić information content (AvgIpc) is 3.07. The fourth-order valence-electron chi connectivity index (χ4n) is 1.83. The summed E-state index contributed by atoms with van der Waals surface area (Å²) in [5.41, 5.74) is 0.375. The molecule has 0 spiro atoms. The SMILES string of the molecule is COc1ccc(C(=O)OCC(=O)N[C@H](C)c2cccs2)cc1. The summed E-state index contributed by atoms with van der Waals surface area (Å²) in [6, 6.07) is 10.3. The highest BCUT2D eigenvalue weighted by Crippen LogP contribution is 2.18. The van der Waals surface area contributed by atoms with Crippen LogP contribution in [0.2, 0.25) is 0 Å². The smallest absolute Gasteiger partial charge is 0.338 e. The molecule has 2 aromatic rings. The van der Waals surface area contributed by atoms with E-state index in [4.69, 9.17) is 9.47 Å². The van der Waals surface area contributed by atoms with E-state index in [1.807, 2.05) is 24.4 Å². The summed E-state index contributed by atoms with van der Waals surface area (Å²) in [5.74, 6) is -0.219. The van der Waals surface area contributed by atoms with Crippen molar-refractivity contribution in [2.45, 2.75) is 13.0 Å². The molecule has 1 amide bonds. The van der Waals surface area contributed by atoms with E-state index >= 15 is 0 Å². The Morgan fingerprint density at radius 2 is 1.95 bits per heavy atom. The Bertz CT molecular complexity index is 622. The zero-order valence-corrected chi connectivity index (χ0v) is 13.2. The number of carbonyl (C=O) groups is 2. The summed E-state index contributed by atoms with van der Waals surface area (Å²) in [4.78, 5) is 24.7. The Kier molecular flexibility index (Phi) is 5.55. The first-order valence-electron chi connectivity index (χ1n) is 6.74. The van der Waals surface area contributed by atoms with Crippen LogP contribution in [0.1, 0.15) is 28.2 Å². The van der Waals surface area contributed by atoms with Crippen LogP contribution in [-0.4, -0.2) is 25.6 Å². The summed E-state index contributed by atoms with van der Waals surface area (Å²) in [5, 5.41) is 4.73. The molecule has 0 aliphatic carbocycles. The van der Waals surface area contributed by atoms with E-state index in [0.717, 1.165) is 4.88 Å². The van der Waals surface area contributed by atoms with Gasteiger partial charge in [0.1, 0.15) is 5.75 Å². The maximum atomic E-state index is 11.8. The largest absolute Gasteiger partial charge is 0.497 e. The zero-order chi connectivity index (χ0) is 15.9. The third-order valence-electron chi connectivity index (χ3n) is 3.01. The van der Waals surface area contributed by atoms with Gasteiger partial charge in [0, 0.05) is 4.88 Å². The van der Waals surface area contributed by atoms with Crippen LogP contribution >= 0.6 is 11.3 Å². The van der Waals surface area contributed by atoms with Crippen LogP contribution in [0, 0.1) is 0 Å². The number of rotatable bonds is 6. The normalized spacial score (nSPS) is 11.5. The predicted octanol–water partition coefficient (Wildman–Crippen LogP) is 2.79. The molecule has 5 nitrogen and oxygen atoms in total. The Balaban J connectivity index is 1.81. The first-order valence-corrected chi connectivity index (χ1v) is 7.62. The summed E-state index contributed by atoms with van der Waals surface area (Å²) in [7, 11) is 1.55. The third kappa shape index (κ3) is 4.33. The van der Waals surface area contributed by atoms with Gasteiger partial charge in [-0.1, -0.05) is 6.07 Å². The van der Waals surface area contributed by atoms with Gasteiger partial charge in [0.25, 0.3) is 5.91 Å². The van der Waals surface area contributed by atoms with Crippen LogP contribution in [-0.2, 0) is 9.53 Å². The monoisotopic (exact) mass is 319 g/mol. The number of carbonyl (C=O) groups excluding carboxylic acids is 2. The van der Waals surface area contributed by atoms with E-state index in [0.29, 0.717) is 11.3 Å². The Hall–Kier alpha value is -2.34. The maximum Gasteiger partial charge on any atom is 0.338 e. The molecule has 0 saturated carbocycles. The molecule has 22 heavy (non-hydrogen) atoms. The first kappa shape index (κ1) is 16.0. The number of hydrogen-bond acceptors (Lipinski definition) is 5. The lowest BCUT2D eigenvalue weighted by Crippen LogP contribution is -2.30. The van der Waals surface area contributed by atoms with Gasteiger partial charge in [0.05, 0.1) is 18.7 Å². The zero-order valence-electron chi connectivity index (χ0n) is 12.4. The van der Waals surface area contributed by atoms with Gasteiger partial charge in [-0.25, -0.2) is 4.79 Å². The van der Waals surface area contributed by atoms with Crippen molar-refractivity contribution >= 4 is 23.2 Å². The van der Waals surface area contributed by atoms with Gasteiger partial charge in [-0.3, -0.25) is 4.79 Å². The highest BCUT2D eigenvalue weighted by molar-refractivity contribution is 7.10. The molecule has 0 unspecified atom stereocenters. The summed E-state index contributed by atoms with van der Waals surface area (Å²) in [6.45, 7) is 1.58. The molecule has 6 heteroatoms. The van der Waals surface area contributed by atoms with Crippen molar-refractivity contribution in [1.82, 2.24) is 5.32 Å². The molecule has 0 bridgehead atoms. The van der Waals surface area contributed by atoms with E-state index in [2.05, 4.69) is 5.32 Å². The number of benzene rings is 1. The average molecular weight is 319 g/mol. The molecular formula is C16H17NO4S. The number of esters is 1. The molecule has 116 valence electrons. The van der Waals surface area contributed by atoms with Crippen molar-refractivity contribution in [1.29, 1.82) is 0 Å². The van der Waals surface area contributed by atoms with E-state index in [9.17, 15) is 9.59 Å². The molecule has 1 aromatic heterocycles. The number of thiophene rings is 1. The predicted molar refractivity (Wildman–Crippen MR) is 84.2 cm³/mol. The van der Waals surface area contributed by atoms with Gasteiger partial charge in [0.15, 0.2) is 6.61 Å². The summed E-state index contributed by atoms with van der Waals surface area (Å²) in [6.07, 6.45) is 0. The van der Waals surface area contributed by atoms with Crippen molar-refractivity contribution in [2.24, 2.45) is 0 Å². The van der Waals surface area contributed by atoms with Crippen molar-refractivity contribution < 1.29 is 19.1 Å². The van der Waals surface area contributed by atoms with Crippen LogP contribution in [0.4, 0.5) is 0 Å². The van der Waals surface area contributed by atoms with Crippen LogP contribution in [0.15, 0.2) is 41.8 Å². The van der Waals surface area contributed by atoms with Gasteiger partial charge >= 0.3 is 5.97 Å². The second-order valence-corrected chi connectivity index (χ2v) is 5.59. The fourth-order valence-corrected chi connectivity index (χ4v) is 2.57. The minimum atomic E-state index is -0.540. The van der Waals surface area contributed by atoms with E-state index in [-0.39, 0.29) is 18.6 Å². The van der Waals surface area contributed by atoms with Gasteiger partial charge in [0.2, 0.25) is 0 Å². The van der Waals surface area contributed by atoms with Crippen molar-refractivity contribution in [3.8, 4) is 5.75 Å². The molecule has 0 saturated heterocycles. The molecule has 0 aliphatic rings. The highest BCUT2D eigenvalue weighted by Gasteiger charge is 2.13. The maximum absolute atomic E-state index is 11.8. The van der Waals surface area contributed by atoms with Gasteiger partial charge in [-0.05, 0) is 42.6 Å². The Morgan fingerprint density at radius 3 is 2.55 bits per heavy atom. The van der Waals surface area contributed by atoms with Crippen LogP contribution in [0.3, 0.4) is 0 Å². The van der Waals surface area contributed by atoms with E-state index < -0.39 is 5.97 Å². The fraction of sp³-hybridized carbons (Fsp3) is 0.250. The number of nitrogens with one attached hydrogen (secondary N) is 1. The summed E-state index contributed by atoms with van der Waals surface area (Å²) >= 11 is 1.56. The standard InChI is InChI=1S/C16H17NO4S/c1-11(14-4-3-9-22-14)17-15(18)10-21-16(19)12-5-7-13(20-2)8-6-12/h3-9,11H,10H2,1-2H3,(H,17,18)/t11-/m1/s1. The minimum absolute atomic E-state index is 0.104. The van der Waals surface area contributed by atoms with Crippen LogP contribution in [0.5, 0.6) is 5.75 Å². The molecule has 0 radical (unpaired) electrons. The molecule has 0 fully saturated rings. The first-order chi connectivity index (χ1) is 10.6. The Morgan fingerprint density at radius 1 is 1.23 bits per heavy atom. The molecule has 0 aliphatic heterocycles. The number of ether oxygens (including phenoxy) is 2. The van der Waals surface area contributed by atoms with E-state index in [1.165, 1.54) is 0 Å². The second kappa shape index (κ2) is 7.61. The molecule has 1 aromatic carbocycles. The molecule has 1 atom stereocenters. The van der Waals surface area contributed by atoms with Crippen molar-refractivity contribution in [2.75, 3.05) is 13.7 Å². The molecule has 1 N–H and O–H groups in total. The lowest BCUT2D eigenvalue weighted by molar-refractivity contribution is -0.124. The third-order valence-corrected chi connectivity index (χ3v) is 4.06. The number of amides is 1. The highest BCUT2D eigenvalue weighted by atomic mass is 32.1. The van der Waals surface area contributed by atoms with Crippen molar-refractivity contribution in [3.05, 3.63) is 52.2 Å². The Labute approximate surface area is 132 Å². The van der Waals surface area contributed by atoms with Gasteiger partial charge in [-0.15, -0.1) is 11.3 Å². The van der Waals surface area contributed by atoms with Crippen LogP contribution < -0.4 is 10.1 Å². The molecule has 2 rings (SSSR count). The number of methoxy groups -OCH3 is 1. The lowest BCUT2D eigenvalue weighted by atomic mass is 10.2. The van der Waals surface area contributed by atoms with Gasteiger partial charge < -0.3 is 14.8 Å². The van der Waals surface area contributed by atoms with Gasteiger partial charge in [-0.2, -0.15) is 0 Å². The summed E-state index contributed by atoms with van der Waals surface area (Å²) < 4.78 is 10.0. The molecular weight excluding hydrogens is 302 g/mol. The topological polar surface area (TPSA) is 64.6 Å². The van der Waals surface area contributed by atoms with Crippen molar-refractivity contribution in [3.63, 3.8) is 0 Å².